The van der Waals surface area contributed by atoms with Crippen molar-refractivity contribution in [2.24, 2.45) is 0 Å². The molecule has 0 aromatic heterocycles. The molecule has 17 heavy (non-hydrogen) atoms. The third-order valence-electron chi connectivity index (χ3n) is 3.35. The highest BCUT2D eigenvalue weighted by molar-refractivity contribution is 5.31. The van der Waals surface area contributed by atoms with Crippen molar-refractivity contribution >= 4 is 0 Å². The van der Waals surface area contributed by atoms with Gasteiger partial charge < -0.3 is 4.74 Å². The summed E-state index contributed by atoms with van der Waals surface area (Å²) in [5.41, 5.74) is 1.69. The first kappa shape index (κ1) is 14.1. The summed E-state index contributed by atoms with van der Waals surface area (Å²) in [4.78, 5) is 0. The second-order valence-corrected chi connectivity index (χ2v) is 5.30. The molecule has 96 valence electrons. The molecule has 0 heterocycles. The summed E-state index contributed by atoms with van der Waals surface area (Å²) in [6.07, 6.45) is 5.20. The smallest absolute Gasteiger partial charge is 0.119 e. The van der Waals surface area contributed by atoms with E-state index in [9.17, 15) is 0 Å². The average molecular weight is 234 g/mol. The van der Waals surface area contributed by atoms with Gasteiger partial charge in [0.15, 0.2) is 0 Å². The molecule has 0 N–H and O–H groups in total. The van der Waals surface area contributed by atoms with Gasteiger partial charge in [-0.1, -0.05) is 52.2 Å². The monoisotopic (exact) mass is 234 g/mol. The van der Waals surface area contributed by atoms with Gasteiger partial charge in [-0.2, -0.15) is 0 Å². The molecule has 1 aromatic carbocycles. The zero-order chi connectivity index (χ0) is 12.7. The van der Waals surface area contributed by atoms with Gasteiger partial charge in [-0.3, -0.25) is 0 Å². The van der Waals surface area contributed by atoms with Crippen molar-refractivity contribution in [1.82, 2.24) is 0 Å². The molecule has 0 fully saturated rings. The van der Waals surface area contributed by atoms with Crippen molar-refractivity contribution in [3.63, 3.8) is 0 Å². The molecule has 0 unspecified atom stereocenters. The molecule has 1 rings (SSSR count). The van der Waals surface area contributed by atoms with Crippen LogP contribution in [0.3, 0.4) is 0 Å². The molecular formula is C16H26O. The Hall–Kier alpha value is -0.980. The van der Waals surface area contributed by atoms with E-state index < -0.39 is 0 Å². The highest BCUT2D eigenvalue weighted by atomic mass is 16.5. The third-order valence-corrected chi connectivity index (χ3v) is 3.35. The van der Waals surface area contributed by atoms with E-state index in [0.29, 0.717) is 0 Å². The predicted molar refractivity (Wildman–Crippen MR) is 74.8 cm³/mol. The topological polar surface area (TPSA) is 9.23 Å². The molecule has 0 atom stereocenters. The van der Waals surface area contributed by atoms with Crippen LogP contribution < -0.4 is 4.74 Å². The Bertz CT molecular complexity index is 311. The average Bonchev–Trinajstić information content (AvgIpc) is 2.30. The largest absolute Gasteiger partial charge is 0.494 e. The molecular weight excluding hydrogens is 208 g/mol. The highest BCUT2D eigenvalue weighted by Gasteiger charge is 2.19. The van der Waals surface area contributed by atoms with Crippen molar-refractivity contribution in [2.75, 3.05) is 6.61 Å². The maximum absolute atomic E-state index is 5.47. The van der Waals surface area contributed by atoms with Gasteiger partial charge in [0.1, 0.15) is 5.75 Å². The molecule has 1 heteroatoms. The van der Waals surface area contributed by atoms with Crippen LogP contribution in [-0.4, -0.2) is 6.61 Å². The van der Waals surface area contributed by atoms with Gasteiger partial charge in [0.2, 0.25) is 0 Å². The van der Waals surface area contributed by atoms with Crippen molar-refractivity contribution in [2.45, 2.75) is 58.8 Å². The number of hydrogen-bond acceptors (Lipinski definition) is 1. The molecule has 0 aliphatic carbocycles. The van der Waals surface area contributed by atoms with Gasteiger partial charge in [-0.15, -0.1) is 0 Å². The van der Waals surface area contributed by atoms with Crippen molar-refractivity contribution in [3.05, 3.63) is 29.8 Å². The summed E-state index contributed by atoms with van der Waals surface area (Å²) >= 11 is 0. The highest BCUT2D eigenvalue weighted by Crippen LogP contribution is 2.30. The van der Waals surface area contributed by atoms with Gasteiger partial charge in [0.05, 0.1) is 6.61 Å². The van der Waals surface area contributed by atoms with E-state index in [1.54, 1.807) is 0 Å². The maximum Gasteiger partial charge on any atom is 0.119 e. The lowest BCUT2D eigenvalue weighted by molar-refractivity contribution is 0.339. The minimum Gasteiger partial charge on any atom is -0.494 e. The molecule has 0 bridgehead atoms. The fraction of sp³-hybridized carbons (Fsp3) is 0.625. The van der Waals surface area contributed by atoms with E-state index in [1.165, 1.54) is 31.2 Å². The molecule has 0 aliphatic heterocycles. The Labute approximate surface area is 106 Å². The summed E-state index contributed by atoms with van der Waals surface area (Å²) in [6.45, 7) is 9.67. The van der Waals surface area contributed by atoms with E-state index in [1.807, 2.05) is 6.92 Å². The first-order valence-electron chi connectivity index (χ1n) is 6.83. The van der Waals surface area contributed by atoms with Gasteiger partial charge in [0.25, 0.3) is 0 Å². The minimum absolute atomic E-state index is 0.278. The predicted octanol–water partition coefficient (Wildman–Crippen LogP) is 4.94. The Kier molecular flexibility index (Phi) is 5.54. The lowest BCUT2D eigenvalue weighted by atomic mass is 9.80. The number of ether oxygens (including phenoxy) is 1. The summed E-state index contributed by atoms with van der Waals surface area (Å²) < 4.78 is 5.47. The molecule has 0 amide bonds. The summed E-state index contributed by atoms with van der Waals surface area (Å²) in [5, 5.41) is 0. The molecule has 0 saturated heterocycles. The quantitative estimate of drug-likeness (QED) is 0.607. The fourth-order valence-electron chi connectivity index (χ4n) is 2.13. The molecule has 0 spiro atoms. The standard InChI is InChI=1S/C16H26O/c1-5-7-8-13-16(3,4)14-9-11-15(12-10-14)17-6-2/h9-12H,5-8,13H2,1-4H3. The second kappa shape index (κ2) is 6.68. The maximum atomic E-state index is 5.47. The Morgan fingerprint density at radius 1 is 1.00 bits per heavy atom. The summed E-state index contributed by atoms with van der Waals surface area (Å²) in [5.74, 6) is 0.973. The van der Waals surface area contributed by atoms with E-state index in [-0.39, 0.29) is 5.41 Å². The lowest BCUT2D eigenvalue weighted by Gasteiger charge is -2.25. The zero-order valence-corrected chi connectivity index (χ0v) is 11.8. The van der Waals surface area contributed by atoms with Crippen LogP contribution in [0.4, 0.5) is 0 Å². The van der Waals surface area contributed by atoms with Crippen LogP contribution in [0, 0.1) is 0 Å². The molecule has 1 aromatic rings. The number of unbranched alkanes of at least 4 members (excludes halogenated alkanes) is 2. The van der Waals surface area contributed by atoms with Crippen LogP contribution >= 0.6 is 0 Å². The Balaban J connectivity index is 2.63. The van der Waals surface area contributed by atoms with Crippen LogP contribution in [-0.2, 0) is 5.41 Å². The second-order valence-electron chi connectivity index (χ2n) is 5.30. The van der Waals surface area contributed by atoms with Crippen molar-refractivity contribution in [1.29, 1.82) is 0 Å². The number of benzene rings is 1. The van der Waals surface area contributed by atoms with Crippen LogP contribution in [0.15, 0.2) is 24.3 Å². The van der Waals surface area contributed by atoms with Gasteiger partial charge in [-0.05, 0) is 36.5 Å². The summed E-state index contributed by atoms with van der Waals surface area (Å²) in [7, 11) is 0. The van der Waals surface area contributed by atoms with Crippen molar-refractivity contribution < 1.29 is 4.74 Å². The normalized spacial score (nSPS) is 11.5. The van der Waals surface area contributed by atoms with Gasteiger partial charge in [-0.25, -0.2) is 0 Å². The van der Waals surface area contributed by atoms with E-state index >= 15 is 0 Å². The summed E-state index contributed by atoms with van der Waals surface area (Å²) in [6, 6.07) is 8.58. The first-order valence-corrected chi connectivity index (χ1v) is 6.83. The van der Waals surface area contributed by atoms with Crippen LogP contribution in [0.1, 0.15) is 58.9 Å². The van der Waals surface area contributed by atoms with Gasteiger partial charge in [0, 0.05) is 0 Å². The Morgan fingerprint density at radius 2 is 1.65 bits per heavy atom. The van der Waals surface area contributed by atoms with E-state index in [4.69, 9.17) is 4.74 Å². The third kappa shape index (κ3) is 4.41. The van der Waals surface area contributed by atoms with Gasteiger partial charge >= 0.3 is 0 Å². The van der Waals surface area contributed by atoms with Crippen LogP contribution in [0.25, 0.3) is 0 Å². The molecule has 1 nitrogen and oxygen atoms in total. The molecule has 0 aliphatic rings. The number of hydrogen-bond donors (Lipinski definition) is 0. The van der Waals surface area contributed by atoms with Crippen LogP contribution in [0.2, 0.25) is 0 Å². The minimum atomic E-state index is 0.278. The zero-order valence-electron chi connectivity index (χ0n) is 11.8. The number of rotatable bonds is 7. The first-order chi connectivity index (χ1) is 8.10. The van der Waals surface area contributed by atoms with Crippen molar-refractivity contribution in [3.8, 4) is 5.75 Å². The van der Waals surface area contributed by atoms with E-state index in [2.05, 4.69) is 45.0 Å². The molecule has 0 radical (unpaired) electrons. The van der Waals surface area contributed by atoms with E-state index in [0.717, 1.165) is 12.4 Å². The Morgan fingerprint density at radius 3 is 2.18 bits per heavy atom. The van der Waals surface area contributed by atoms with Crippen LogP contribution in [0.5, 0.6) is 5.75 Å². The lowest BCUT2D eigenvalue weighted by Crippen LogP contribution is -2.16. The molecule has 0 saturated carbocycles. The fourth-order valence-corrected chi connectivity index (χ4v) is 2.13. The SMILES string of the molecule is CCCCCC(C)(C)c1ccc(OCC)cc1.